The molecule has 1 atom stereocenters. The maximum absolute atomic E-state index is 12.4. The highest BCUT2D eigenvalue weighted by atomic mass is 16.5. The standard InChI is InChI=1S/C21H27NO4/c1-5-20(26-19-12-10-17(24-4)11-13-19)21(23)22-14-16-6-8-18(9-7-16)25-15(2)3/h6-13,15,20H,5,14H2,1-4H3,(H,22,23)/t20-/m0/s1. The predicted octanol–water partition coefficient (Wildman–Crippen LogP) is 3.96. The molecule has 0 aliphatic heterocycles. The van der Waals surface area contributed by atoms with Crippen LogP contribution < -0.4 is 19.5 Å². The summed E-state index contributed by atoms with van der Waals surface area (Å²) in [7, 11) is 1.61. The Morgan fingerprint density at radius 3 is 2.00 bits per heavy atom. The Bertz CT molecular complexity index is 680. The zero-order valence-electron chi connectivity index (χ0n) is 15.8. The van der Waals surface area contributed by atoms with Crippen LogP contribution in [0.2, 0.25) is 0 Å². The Labute approximate surface area is 155 Å². The molecule has 0 bridgehead atoms. The van der Waals surface area contributed by atoms with Gasteiger partial charge in [-0.15, -0.1) is 0 Å². The molecule has 5 nitrogen and oxygen atoms in total. The van der Waals surface area contributed by atoms with E-state index in [1.54, 1.807) is 31.4 Å². The van der Waals surface area contributed by atoms with Crippen LogP contribution >= 0.6 is 0 Å². The van der Waals surface area contributed by atoms with Crippen molar-refractivity contribution in [3.05, 3.63) is 54.1 Å². The van der Waals surface area contributed by atoms with E-state index in [2.05, 4.69) is 5.32 Å². The minimum Gasteiger partial charge on any atom is -0.497 e. The molecule has 0 aliphatic rings. The van der Waals surface area contributed by atoms with Crippen molar-refractivity contribution in [3.8, 4) is 17.2 Å². The molecule has 0 unspecified atom stereocenters. The van der Waals surface area contributed by atoms with Gasteiger partial charge in [-0.25, -0.2) is 0 Å². The van der Waals surface area contributed by atoms with Crippen molar-refractivity contribution in [2.45, 2.75) is 45.9 Å². The molecule has 26 heavy (non-hydrogen) atoms. The third-order valence-corrected chi connectivity index (χ3v) is 3.76. The van der Waals surface area contributed by atoms with E-state index < -0.39 is 6.10 Å². The van der Waals surface area contributed by atoms with E-state index in [4.69, 9.17) is 14.2 Å². The van der Waals surface area contributed by atoms with E-state index in [1.807, 2.05) is 45.0 Å². The summed E-state index contributed by atoms with van der Waals surface area (Å²) in [6.07, 6.45) is 0.187. The maximum Gasteiger partial charge on any atom is 0.261 e. The maximum atomic E-state index is 12.4. The van der Waals surface area contributed by atoms with Gasteiger partial charge in [0, 0.05) is 6.54 Å². The second-order valence-electron chi connectivity index (χ2n) is 6.22. The average molecular weight is 357 g/mol. The van der Waals surface area contributed by atoms with Gasteiger partial charge >= 0.3 is 0 Å². The lowest BCUT2D eigenvalue weighted by molar-refractivity contribution is -0.128. The lowest BCUT2D eigenvalue weighted by atomic mass is 10.2. The van der Waals surface area contributed by atoms with Crippen LogP contribution in [0.25, 0.3) is 0 Å². The molecule has 0 aromatic heterocycles. The van der Waals surface area contributed by atoms with Crippen LogP contribution in [0.3, 0.4) is 0 Å². The molecule has 0 radical (unpaired) electrons. The number of hydrogen-bond donors (Lipinski definition) is 1. The van der Waals surface area contributed by atoms with E-state index in [0.717, 1.165) is 17.1 Å². The number of hydrogen-bond acceptors (Lipinski definition) is 4. The zero-order valence-corrected chi connectivity index (χ0v) is 15.8. The highest BCUT2D eigenvalue weighted by Crippen LogP contribution is 2.19. The predicted molar refractivity (Wildman–Crippen MR) is 102 cm³/mol. The molecule has 0 heterocycles. The zero-order chi connectivity index (χ0) is 18.9. The minimum atomic E-state index is -0.535. The summed E-state index contributed by atoms with van der Waals surface area (Å²) < 4.78 is 16.5. The number of carbonyl (C=O) groups is 1. The smallest absolute Gasteiger partial charge is 0.261 e. The first kappa shape index (κ1) is 19.6. The topological polar surface area (TPSA) is 56.8 Å². The van der Waals surface area contributed by atoms with Gasteiger partial charge in [0.2, 0.25) is 0 Å². The Morgan fingerprint density at radius 2 is 1.46 bits per heavy atom. The molecule has 0 saturated carbocycles. The first-order chi connectivity index (χ1) is 12.5. The quantitative estimate of drug-likeness (QED) is 0.738. The van der Waals surface area contributed by atoms with Gasteiger partial charge in [-0.3, -0.25) is 4.79 Å². The molecule has 0 saturated heterocycles. The second-order valence-corrected chi connectivity index (χ2v) is 6.22. The normalized spacial score (nSPS) is 11.7. The van der Waals surface area contributed by atoms with E-state index in [9.17, 15) is 4.79 Å². The lowest BCUT2D eigenvalue weighted by Crippen LogP contribution is -2.37. The largest absolute Gasteiger partial charge is 0.497 e. The second kappa shape index (κ2) is 9.70. The summed E-state index contributed by atoms with van der Waals surface area (Å²) >= 11 is 0. The molecule has 2 rings (SSSR count). The number of benzene rings is 2. The van der Waals surface area contributed by atoms with Crippen molar-refractivity contribution in [1.29, 1.82) is 0 Å². The third kappa shape index (κ3) is 5.99. The van der Waals surface area contributed by atoms with Crippen molar-refractivity contribution in [2.75, 3.05) is 7.11 Å². The van der Waals surface area contributed by atoms with Crippen molar-refractivity contribution < 1.29 is 19.0 Å². The number of carbonyl (C=O) groups excluding carboxylic acids is 1. The van der Waals surface area contributed by atoms with Crippen LogP contribution in [0.5, 0.6) is 17.2 Å². The van der Waals surface area contributed by atoms with Crippen molar-refractivity contribution in [3.63, 3.8) is 0 Å². The monoisotopic (exact) mass is 357 g/mol. The van der Waals surface area contributed by atoms with Crippen LogP contribution in [-0.2, 0) is 11.3 Å². The molecule has 5 heteroatoms. The van der Waals surface area contributed by atoms with Gasteiger partial charge in [-0.05, 0) is 62.2 Å². The van der Waals surface area contributed by atoms with Crippen LogP contribution in [0, 0.1) is 0 Å². The molecule has 0 fully saturated rings. The molecule has 0 aliphatic carbocycles. The van der Waals surface area contributed by atoms with Gasteiger partial charge in [0.15, 0.2) is 6.10 Å². The van der Waals surface area contributed by atoms with Crippen molar-refractivity contribution >= 4 is 5.91 Å². The number of methoxy groups -OCH3 is 1. The molecular formula is C21H27NO4. The van der Waals surface area contributed by atoms with Gasteiger partial charge < -0.3 is 19.5 Å². The van der Waals surface area contributed by atoms with Gasteiger partial charge in [-0.1, -0.05) is 19.1 Å². The SMILES string of the molecule is CC[C@H](Oc1ccc(OC)cc1)C(=O)NCc1ccc(OC(C)C)cc1. The summed E-state index contributed by atoms with van der Waals surface area (Å²) in [6.45, 7) is 6.35. The first-order valence-corrected chi connectivity index (χ1v) is 8.85. The molecule has 140 valence electrons. The summed E-state index contributed by atoms with van der Waals surface area (Å²) in [5.41, 5.74) is 1.01. The summed E-state index contributed by atoms with van der Waals surface area (Å²) in [5, 5.41) is 2.92. The van der Waals surface area contributed by atoms with Gasteiger partial charge in [0.25, 0.3) is 5.91 Å². The van der Waals surface area contributed by atoms with Crippen LogP contribution in [0.4, 0.5) is 0 Å². The molecule has 2 aromatic rings. The van der Waals surface area contributed by atoms with Gasteiger partial charge in [0.05, 0.1) is 13.2 Å². The Hall–Kier alpha value is -2.69. The fraction of sp³-hybridized carbons (Fsp3) is 0.381. The van der Waals surface area contributed by atoms with Crippen LogP contribution in [0.15, 0.2) is 48.5 Å². The van der Waals surface area contributed by atoms with Crippen molar-refractivity contribution in [1.82, 2.24) is 5.32 Å². The molecule has 1 N–H and O–H groups in total. The fourth-order valence-corrected chi connectivity index (χ4v) is 2.40. The van der Waals surface area contributed by atoms with Crippen LogP contribution in [0.1, 0.15) is 32.8 Å². The molecule has 0 spiro atoms. The number of amides is 1. The van der Waals surface area contributed by atoms with E-state index in [0.29, 0.717) is 18.7 Å². The van der Waals surface area contributed by atoms with Crippen LogP contribution in [-0.4, -0.2) is 25.2 Å². The number of ether oxygens (including phenoxy) is 3. The third-order valence-electron chi connectivity index (χ3n) is 3.76. The fourth-order valence-electron chi connectivity index (χ4n) is 2.40. The molecule has 1 amide bonds. The van der Waals surface area contributed by atoms with Crippen molar-refractivity contribution in [2.24, 2.45) is 0 Å². The Kier molecular flexibility index (Phi) is 7.33. The van der Waals surface area contributed by atoms with Gasteiger partial charge in [-0.2, -0.15) is 0 Å². The average Bonchev–Trinajstić information content (AvgIpc) is 2.65. The van der Waals surface area contributed by atoms with E-state index in [1.165, 1.54) is 0 Å². The highest BCUT2D eigenvalue weighted by molar-refractivity contribution is 5.81. The minimum absolute atomic E-state index is 0.133. The number of rotatable bonds is 9. The Morgan fingerprint density at radius 1 is 0.923 bits per heavy atom. The van der Waals surface area contributed by atoms with E-state index in [-0.39, 0.29) is 12.0 Å². The molecular weight excluding hydrogens is 330 g/mol. The molecule has 2 aromatic carbocycles. The lowest BCUT2D eigenvalue weighted by Gasteiger charge is -2.17. The number of nitrogens with one attached hydrogen (secondary N) is 1. The highest BCUT2D eigenvalue weighted by Gasteiger charge is 2.18. The summed E-state index contributed by atoms with van der Waals surface area (Å²) in [4.78, 5) is 12.4. The summed E-state index contributed by atoms with van der Waals surface area (Å²) in [5.74, 6) is 2.08. The first-order valence-electron chi connectivity index (χ1n) is 8.85. The Balaban J connectivity index is 1.87. The van der Waals surface area contributed by atoms with Gasteiger partial charge in [0.1, 0.15) is 17.2 Å². The van der Waals surface area contributed by atoms with E-state index >= 15 is 0 Å². The summed E-state index contributed by atoms with van der Waals surface area (Å²) in [6, 6.07) is 14.9.